The van der Waals surface area contributed by atoms with Gasteiger partial charge in [-0.1, -0.05) is 31.2 Å². The molecule has 1 aromatic carbocycles. The molecular weight excluding hydrogens is 243 g/mol. The van der Waals surface area contributed by atoms with E-state index in [1.807, 2.05) is 38.1 Å². The summed E-state index contributed by atoms with van der Waals surface area (Å²) in [4.78, 5) is 0. The summed E-state index contributed by atoms with van der Waals surface area (Å²) >= 11 is 17.9. The van der Waals surface area contributed by atoms with E-state index in [9.17, 15) is 0 Å². The molecule has 0 bridgehead atoms. The summed E-state index contributed by atoms with van der Waals surface area (Å²) in [5, 5.41) is 0. The lowest BCUT2D eigenvalue weighted by molar-refractivity contribution is 1.04. The Hall–Kier alpha value is 0.307. The highest BCUT2D eigenvalue weighted by atomic mass is 35.8. The Kier molecular flexibility index (Phi) is 3.70. The van der Waals surface area contributed by atoms with Gasteiger partial charge >= 0.3 is 6.00 Å². The van der Waals surface area contributed by atoms with Gasteiger partial charge in [-0.25, -0.2) is 0 Å². The van der Waals surface area contributed by atoms with Crippen LogP contribution in [-0.2, 0) is 0 Å². The molecule has 0 aromatic heterocycles. The molecule has 0 amide bonds. The summed E-state index contributed by atoms with van der Waals surface area (Å²) in [6, 6.07) is 5.41. The van der Waals surface area contributed by atoms with E-state index in [0.29, 0.717) is 0 Å². The lowest BCUT2D eigenvalue weighted by atomic mass is 10.1. The minimum Gasteiger partial charge on any atom is -0.125 e. The Balaban J connectivity index is 3.02. The molecule has 4 heteroatoms. The third kappa shape index (κ3) is 2.88. The predicted molar refractivity (Wildman–Crippen MR) is 62.9 cm³/mol. The number of benzene rings is 1. The van der Waals surface area contributed by atoms with Crippen molar-refractivity contribution in [2.24, 2.45) is 0 Å². The van der Waals surface area contributed by atoms with Crippen molar-refractivity contribution in [2.75, 3.05) is 0 Å². The second kappa shape index (κ2) is 4.22. The molecule has 72 valence electrons. The van der Waals surface area contributed by atoms with E-state index in [0.717, 1.165) is 5.56 Å². The molecule has 0 unspecified atom stereocenters. The van der Waals surface area contributed by atoms with Crippen LogP contribution in [0.15, 0.2) is 24.3 Å². The van der Waals surface area contributed by atoms with E-state index in [1.165, 1.54) is 5.56 Å². The van der Waals surface area contributed by atoms with Crippen LogP contribution in [0, 0.1) is 6.92 Å². The topological polar surface area (TPSA) is 0 Å². The van der Waals surface area contributed by atoms with Crippen LogP contribution in [0.1, 0.15) is 23.6 Å². The molecule has 0 saturated heterocycles. The van der Waals surface area contributed by atoms with E-state index in [2.05, 4.69) is 0 Å². The Morgan fingerprint density at radius 1 is 1.15 bits per heavy atom. The Morgan fingerprint density at radius 3 is 2.15 bits per heavy atom. The highest BCUT2D eigenvalue weighted by molar-refractivity contribution is 7.65. The molecule has 0 spiro atoms. The van der Waals surface area contributed by atoms with Crippen LogP contribution in [0.2, 0.25) is 0 Å². The van der Waals surface area contributed by atoms with Crippen LogP contribution in [0.25, 0.3) is 0 Å². The average Bonchev–Trinajstić information content (AvgIpc) is 2.02. The molecule has 0 saturated carbocycles. The van der Waals surface area contributed by atoms with Gasteiger partial charge in [0, 0.05) is 5.54 Å². The van der Waals surface area contributed by atoms with E-state index in [-0.39, 0.29) is 5.54 Å². The van der Waals surface area contributed by atoms with Gasteiger partial charge in [0.15, 0.2) is 0 Å². The maximum atomic E-state index is 5.96. The third-order valence-corrected chi connectivity index (χ3v) is 6.38. The van der Waals surface area contributed by atoms with Gasteiger partial charge < -0.3 is 0 Å². The first kappa shape index (κ1) is 11.4. The summed E-state index contributed by atoms with van der Waals surface area (Å²) in [5.74, 6) is 0. The molecule has 0 aliphatic rings. The van der Waals surface area contributed by atoms with Crippen LogP contribution in [0.4, 0.5) is 0 Å². The smallest absolute Gasteiger partial charge is 0.125 e. The van der Waals surface area contributed by atoms with Crippen molar-refractivity contribution in [1.82, 2.24) is 0 Å². The number of aryl methyl sites for hydroxylation is 1. The summed E-state index contributed by atoms with van der Waals surface area (Å²) in [7, 11) is 0. The summed E-state index contributed by atoms with van der Waals surface area (Å²) < 4.78 is 0. The number of halogens is 3. The van der Waals surface area contributed by atoms with Crippen LogP contribution in [0.5, 0.6) is 0 Å². The fourth-order valence-electron chi connectivity index (χ4n) is 1.25. The average molecular weight is 254 g/mol. The van der Waals surface area contributed by atoms with Crippen molar-refractivity contribution in [1.29, 1.82) is 0 Å². The molecule has 0 N–H and O–H groups in total. The minimum atomic E-state index is -2.62. The first-order valence-corrected chi connectivity index (χ1v) is 9.16. The van der Waals surface area contributed by atoms with E-state index in [4.69, 9.17) is 33.2 Å². The molecule has 0 radical (unpaired) electrons. The van der Waals surface area contributed by atoms with Crippen molar-refractivity contribution in [2.45, 2.75) is 19.4 Å². The normalized spacial score (nSPS) is 14.2. The zero-order valence-electron chi connectivity index (χ0n) is 7.52. The summed E-state index contributed by atoms with van der Waals surface area (Å²) in [5.41, 5.74) is 2.39. The number of hydrogen-bond donors (Lipinski definition) is 0. The van der Waals surface area contributed by atoms with Gasteiger partial charge in [-0.3, -0.25) is 0 Å². The van der Waals surface area contributed by atoms with Gasteiger partial charge in [-0.05, 0) is 18.1 Å². The molecule has 0 fully saturated rings. The molecule has 1 aromatic rings. The monoisotopic (exact) mass is 252 g/mol. The zero-order chi connectivity index (χ0) is 10.1. The van der Waals surface area contributed by atoms with Gasteiger partial charge in [0.05, 0.1) is 0 Å². The molecule has 0 nitrogen and oxygen atoms in total. The molecule has 0 aliphatic carbocycles. The van der Waals surface area contributed by atoms with Crippen molar-refractivity contribution in [3.8, 4) is 0 Å². The molecule has 1 rings (SSSR count). The summed E-state index contributed by atoms with van der Waals surface area (Å²) in [6.45, 7) is 4.01. The summed E-state index contributed by atoms with van der Waals surface area (Å²) in [6.07, 6.45) is 0. The van der Waals surface area contributed by atoms with E-state index >= 15 is 0 Å². The lowest BCUT2D eigenvalue weighted by Crippen LogP contribution is -2.21. The third-order valence-electron chi connectivity index (χ3n) is 2.15. The standard InChI is InChI=1S/C9H11Cl3Si/c1-7-5-3-4-6-9(7)8(2)13(10,11)12/h3-6,8H,1-2H3/t8-/m0/s1. The van der Waals surface area contributed by atoms with E-state index < -0.39 is 6.00 Å². The highest BCUT2D eigenvalue weighted by Gasteiger charge is 2.34. The lowest BCUT2D eigenvalue weighted by Gasteiger charge is -2.19. The SMILES string of the molecule is Cc1ccccc1[C@H](C)[Si](Cl)(Cl)Cl. The van der Waals surface area contributed by atoms with Crippen LogP contribution in [-0.4, -0.2) is 6.00 Å². The van der Waals surface area contributed by atoms with Crippen molar-refractivity contribution in [3.05, 3.63) is 35.4 Å². The molecule has 13 heavy (non-hydrogen) atoms. The Morgan fingerprint density at radius 2 is 1.69 bits per heavy atom. The van der Waals surface area contributed by atoms with E-state index in [1.54, 1.807) is 0 Å². The fraction of sp³-hybridized carbons (Fsp3) is 0.333. The highest BCUT2D eigenvalue weighted by Crippen LogP contribution is 2.37. The van der Waals surface area contributed by atoms with Crippen molar-refractivity contribution in [3.63, 3.8) is 0 Å². The molecule has 0 heterocycles. The van der Waals surface area contributed by atoms with Crippen molar-refractivity contribution >= 4 is 39.2 Å². The second-order valence-electron chi connectivity index (χ2n) is 3.12. The van der Waals surface area contributed by atoms with Gasteiger partial charge in [0.2, 0.25) is 0 Å². The van der Waals surface area contributed by atoms with Gasteiger partial charge in [0.1, 0.15) is 0 Å². The minimum absolute atomic E-state index is 0.0544. The predicted octanol–water partition coefficient (Wildman–Crippen LogP) is 4.29. The first-order chi connectivity index (χ1) is 5.93. The molecule has 0 aliphatic heterocycles. The quantitative estimate of drug-likeness (QED) is 0.545. The van der Waals surface area contributed by atoms with Gasteiger partial charge in [-0.15, -0.1) is 33.2 Å². The largest absolute Gasteiger partial charge is 0.348 e. The number of hydrogen-bond acceptors (Lipinski definition) is 0. The van der Waals surface area contributed by atoms with Crippen molar-refractivity contribution < 1.29 is 0 Å². The first-order valence-electron chi connectivity index (χ1n) is 4.05. The second-order valence-corrected chi connectivity index (χ2v) is 12.2. The Bertz CT molecular complexity index is 293. The zero-order valence-corrected chi connectivity index (χ0v) is 10.8. The maximum Gasteiger partial charge on any atom is 0.348 e. The number of rotatable bonds is 2. The molecule has 1 atom stereocenters. The van der Waals surface area contributed by atoms with Crippen LogP contribution in [0.3, 0.4) is 0 Å². The molecular formula is C9H11Cl3Si. The maximum absolute atomic E-state index is 5.96. The van der Waals surface area contributed by atoms with Crippen LogP contribution >= 0.6 is 33.2 Å². The van der Waals surface area contributed by atoms with Gasteiger partial charge in [-0.2, -0.15) is 0 Å². The van der Waals surface area contributed by atoms with Gasteiger partial charge in [0.25, 0.3) is 0 Å². The van der Waals surface area contributed by atoms with Crippen LogP contribution < -0.4 is 0 Å². The fourth-order valence-corrected chi connectivity index (χ4v) is 2.98. The Labute approximate surface area is 93.9 Å².